The van der Waals surface area contributed by atoms with E-state index >= 15 is 0 Å². The van der Waals surface area contributed by atoms with Crippen molar-refractivity contribution < 1.29 is 4.79 Å². The van der Waals surface area contributed by atoms with Gasteiger partial charge < -0.3 is 0 Å². The minimum atomic E-state index is 0.272. The van der Waals surface area contributed by atoms with Crippen LogP contribution in [0, 0.1) is 5.41 Å². The Kier molecular flexibility index (Phi) is 4.92. The van der Waals surface area contributed by atoms with Crippen molar-refractivity contribution in [2.45, 2.75) is 53.4 Å². The Morgan fingerprint density at radius 1 is 1.12 bits per heavy atom. The zero-order chi connectivity index (χ0) is 12.9. The van der Waals surface area contributed by atoms with E-state index in [0.717, 1.165) is 24.8 Å². The van der Waals surface area contributed by atoms with Crippen LogP contribution in [-0.2, 0) is 6.42 Å². The number of Topliss-reactive ketones (excluding diaryl/α,β-unsaturated/α-hetero) is 1. The van der Waals surface area contributed by atoms with Crippen LogP contribution in [0.4, 0.5) is 0 Å². The molecule has 0 saturated carbocycles. The molecule has 0 aromatic heterocycles. The van der Waals surface area contributed by atoms with Crippen molar-refractivity contribution in [3.8, 4) is 0 Å². The van der Waals surface area contributed by atoms with E-state index < -0.39 is 0 Å². The summed E-state index contributed by atoms with van der Waals surface area (Å²) in [6.07, 6.45) is 3.79. The lowest BCUT2D eigenvalue weighted by Gasteiger charge is -2.18. The Bertz CT molecular complexity index is 354. The minimum absolute atomic E-state index is 0.272. The number of hydrogen-bond acceptors (Lipinski definition) is 1. The van der Waals surface area contributed by atoms with Crippen LogP contribution < -0.4 is 0 Å². The molecule has 1 nitrogen and oxygen atoms in total. The second-order valence-corrected chi connectivity index (χ2v) is 5.96. The quantitative estimate of drug-likeness (QED) is 0.675. The molecule has 1 aromatic rings. The van der Waals surface area contributed by atoms with Crippen molar-refractivity contribution in [2.24, 2.45) is 5.41 Å². The standard InChI is InChI=1S/C16H24O/c1-5-6-7-15(17)14-10-8-13(9-11-14)12-16(2,3)4/h8-11H,5-7,12H2,1-4H3. The zero-order valence-corrected chi connectivity index (χ0v) is 11.5. The van der Waals surface area contributed by atoms with Crippen molar-refractivity contribution in [2.75, 3.05) is 0 Å². The maximum atomic E-state index is 11.8. The van der Waals surface area contributed by atoms with Gasteiger partial charge in [-0.3, -0.25) is 4.79 Å². The number of hydrogen-bond donors (Lipinski definition) is 0. The summed E-state index contributed by atoms with van der Waals surface area (Å²) in [4.78, 5) is 11.8. The number of rotatable bonds is 5. The molecule has 1 heteroatoms. The molecule has 0 bridgehead atoms. The summed E-state index contributed by atoms with van der Waals surface area (Å²) >= 11 is 0. The zero-order valence-electron chi connectivity index (χ0n) is 11.5. The van der Waals surface area contributed by atoms with E-state index in [9.17, 15) is 4.79 Å². The lowest BCUT2D eigenvalue weighted by Crippen LogP contribution is -2.09. The van der Waals surface area contributed by atoms with Gasteiger partial charge in [-0.25, -0.2) is 0 Å². The Balaban J connectivity index is 2.64. The van der Waals surface area contributed by atoms with Gasteiger partial charge in [0.25, 0.3) is 0 Å². The molecule has 0 unspecified atom stereocenters. The van der Waals surface area contributed by atoms with Crippen molar-refractivity contribution in [3.63, 3.8) is 0 Å². The van der Waals surface area contributed by atoms with Crippen molar-refractivity contribution in [3.05, 3.63) is 35.4 Å². The highest BCUT2D eigenvalue weighted by Crippen LogP contribution is 2.21. The van der Waals surface area contributed by atoms with Gasteiger partial charge in [0.05, 0.1) is 0 Å². The van der Waals surface area contributed by atoms with E-state index in [1.807, 2.05) is 12.1 Å². The first-order valence-electron chi connectivity index (χ1n) is 6.54. The van der Waals surface area contributed by atoms with Gasteiger partial charge in [0.1, 0.15) is 0 Å². The van der Waals surface area contributed by atoms with E-state index in [1.165, 1.54) is 5.56 Å². The highest BCUT2D eigenvalue weighted by Gasteiger charge is 2.11. The molecule has 0 aliphatic carbocycles. The summed E-state index contributed by atoms with van der Waals surface area (Å²) in [5.41, 5.74) is 2.47. The molecule has 0 N–H and O–H groups in total. The van der Waals surface area contributed by atoms with E-state index in [4.69, 9.17) is 0 Å². The first-order chi connectivity index (χ1) is 7.92. The molecule has 17 heavy (non-hydrogen) atoms. The molecule has 0 saturated heterocycles. The molecule has 1 rings (SSSR count). The van der Waals surface area contributed by atoms with Gasteiger partial charge in [0.15, 0.2) is 5.78 Å². The van der Waals surface area contributed by atoms with Gasteiger partial charge in [-0.15, -0.1) is 0 Å². The fraction of sp³-hybridized carbons (Fsp3) is 0.562. The molecule has 0 radical (unpaired) electrons. The van der Waals surface area contributed by atoms with Gasteiger partial charge in [-0.05, 0) is 23.8 Å². The van der Waals surface area contributed by atoms with Crippen LogP contribution in [0.1, 0.15) is 62.9 Å². The third kappa shape index (κ3) is 5.16. The van der Waals surface area contributed by atoms with Crippen LogP contribution in [0.5, 0.6) is 0 Å². The molecular weight excluding hydrogens is 208 g/mol. The molecule has 0 aliphatic rings. The average Bonchev–Trinajstić information content (AvgIpc) is 2.24. The Labute approximate surface area is 105 Å². The third-order valence-electron chi connectivity index (χ3n) is 2.77. The summed E-state index contributed by atoms with van der Waals surface area (Å²) in [7, 11) is 0. The smallest absolute Gasteiger partial charge is 0.162 e. The van der Waals surface area contributed by atoms with Gasteiger partial charge in [-0.1, -0.05) is 58.4 Å². The predicted octanol–water partition coefficient (Wildman–Crippen LogP) is 4.65. The van der Waals surface area contributed by atoms with Crippen LogP contribution in [0.2, 0.25) is 0 Å². The van der Waals surface area contributed by atoms with Crippen molar-refractivity contribution >= 4 is 5.78 Å². The van der Waals surface area contributed by atoms with E-state index in [-0.39, 0.29) is 5.78 Å². The maximum absolute atomic E-state index is 11.8. The number of benzene rings is 1. The minimum Gasteiger partial charge on any atom is -0.294 e. The third-order valence-corrected chi connectivity index (χ3v) is 2.77. The second kappa shape index (κ2) is 6.00. The van der Waals surface area contributed by atoms with Crippen LogP contribution >= 0.6 is 0 Å². The lowest BCUT2D eigenvalue weighted by atomic mass is 9.88. The van der Waals surface area contributed by atoms with E-state index in [0.29, 0.717) is 11.8 Å². The van der Waals surface area contributed by atoms with Crippen LogP contribution in [0.3, 0.4) is 0 Å². The lowest BCUT2D eigenvalue weighted by molar-refractivity contribution is 0.0980. The first kappa shape index (κ1) is 14.0. The predicted molar refractivity (Wildman–Crippen MR) is 73.5 cm³/mol. The summed E-state index contributed by atoms with van der Waals surface area (Å²) in [6.45, 7) is 8.80. The molecule has 0 fully saturated rings. The van der Waals surface area contributed by atoms with Crippen molar-refractivity contribution in [1.29, 1.82) is 0 Å². The van der Waals surface area contributed by atoms with Gasteiger partial charge in [0.2, 0.25) is 0 Å². The molecule has 94 valence electrons. The average molecular weight is 232 g/mol. The molecular formula is C16H24O. The molecule has 0 spiro atoms. The number of unbranched alkanes of at least 4 members (excludes halogenated alkanes) is 1. The fourth-order valence-corrected chi connectivity index (χ4v) is 1.90. The molecule has 0 atom stereocenters. The summed E-state index contributed by atoms with van der Waals surface area (Å²) < 4.78 is 0. The van der Waals surface area contributed by atoms with Gasteiger partial charge >= 0.3 is 0 Å². The Morgan fingerprint density at radius 2 is 1.71 bits per heavy atom. The molecule has 1 aromatic carbocycles. The summed E-state index contributed by atoms with van der Waals surface area (Å²) in [5.74, 6) is 0.272. The number of carbonyl (C=O) groups is 1. The van der Waals surface area contributed by atoms with Gasteiger partial charge in [0, 0.05) is 12.0 Å². The largest absolute Gasteiger partial charge is 0.294 e. The van der Waals surface area contributed by atoms with Gasteiger partial charge in [-0.2, -0.15) is 0 Å². The van der Waals surface area contributed by atoms with E-state index in [2.05, 4.69) is 39.8 Å². The second-order valence-electron chi connectivity index (χ2n) is 5.96. The number of carbonyl (C=O) groups excluding carboxylic acids is 1. The fourth-order valence-electron chi connectivity index (χ4n) is 1.90. The topological polar surface area (TPSA) is 17.1 Å². The molecule has 0 amide bonds. The van der Waals surface area contributed by atoms with Crippen LogP contribution in [-0.4, -0.2) is 5.78 Å². The molecule has 0 heterocycles. The highest BCUT2D eigenvalue weighted by atomic mass is 16.1. The summed E-state index contributed by atoms with van der Waals surface area (Å²) in [6, 6.07) is 8.12. The maximum Gasteiger partial charge on any atom is 0.162 e. The Hall–Kier alpha value is -1.11. The van der Waals surface area contributed by atoms with E-state index in [1.54, 1.807) is 0 Å². The first-order valence-corrected chi connectivity index (χ1v) is 6.54. The number of ketones is 1. The SMILES string of the molecule is CCCCC(=O)c1ccc(CC(C)(C)C)cc1. The highest BCUT2D eigenvalue weighted by molar-refractivity contribution is 5.96. The Morgan fingerprint density at radius 3 is 2.18 bits per heavy atom. The van der Waals surface area contributed by atoms with Crippen LogP contribution in [0.15, 0.2) is 24.3 Å². The van der Waals surface area contributed by atoms with Crippen LogP contribution in [0.25, 0.3) is 0 Å². The molecule has 0 aliphatic heterocycles. The monoisotopic (exact) mass is 232 g/mol. The van der Waals surface area contributed by atoms with Crippen molar-refractivity contribution in [1.82, 2.24) is 0 Å². The summed E-state index contributed by atoms with van der Waals surface area (Å²) in [5, 5.41) is 0. The normalized spacial score (nSPS) is 11.5.